The maximum atomic E-state index is 12.9. The van der Waals surface area contributed by atoms with Crippen LogP contribution in [0.25, 0.3) is 6.08 Å². The number of halogens is 3. The Kier molecular flexibility index (Phi) is 8.29. The van der Waals surface area contributed by atoms with E-state index in [0.717, 1.165) is 17.3 Å². The van der Waals surface area contributed by atoms with Gasteiger partial charge in [-0.2, -0.15) is 0 Å². The molecule has 2 amide bonds. The summed E-state index contributed by atoms with van der Waals surface area (Å²) in [6.45, 7) is 2.74. The van der Waals surface area contributed by atoms with Crippen LogP contribution in [0.4, 0.5) is 4.79 Å². The van der Waals surface area contributed by atoms with E-state index >= 15 is 0 Å². The lowest BCUT2D eigenvalue weighted by atomic mass is 10.1. The van der Waals surface area contributed by atoms with Gasteiger partial charge in [-0.1, -0.05) is 59.1 Å². The summed E-state index contributed by atoms with van der Waals surface area (Å²) in [5.74, 6) is 0.735. The summed E-state index contributed by atoms with van der Waals surface area (Å²) < 4.78 is 11.7. The molecule has 3 aromatic carbocycles. The normalized spacial score (nSPS) is 14.6. The monoisotopic (exact) mass is 547 g/mol. The highest BCUT2D eigenvalue weighted by Crippen LogP contribution is 2.36. The summed E-state index contributed by atoms with van der Waals surface area (Å²) in [7, 11) is 0. The lowest BCUT2D eigenvalue weighted by molar-refractivity contribution is -0.123. The molecular formula is C26H20Cl3NO4S. The van der Waals surface area contributed by atoms with Gasteiger partial charge < -0.3 is 9.47 Å². The summed E-state index contributed by atoms with van der Waals surface area (Å²) in [6.07, 6.45) is 1.67. The first-order valence-corrected chi connectivity index (χ1v) is 12.6. The summed E-state index contributed by atoms with van der Waals surface area (Å²) in [4.78, 5) is 27.0. The summed E-state index contributed by atoms with van der Waals surface area (Å²) in [6, 6.07) is 17.7. The van der Waals surface area contributed by atoms with E-state index in [1.54, 1.807) is 48.5 Å². The van der Waals surface area contributed by atoms with Crippen LogP contribution in [0, 0.1) is 0 Å². The first-order valence-electron chi connectivity index (χ1n) is 10.7. The minimum absolute atomic E-state index is 0.0691. The fourth-order valence-electron chi connectivity index (χ4n) is 3.35. The van der Waals surface area contributed by atoms with Crippen LogP contribution in [0.3, 0.4) is 0 Å². The molecule has 0 bridgehead atoms. The standard InChI is InChI=1S/C26H20Cl3NO4S/c1-2-33-23-11-17(5-10-22(23)34-15-16-3-7-19(27)8-4-16)12-24-25(31)30(26(32)35-24)14-18-6-9-20(28)13-21(18)29/h3-13H,2,14-15H2,1H3/b24-12+. The van der Waals surface area contributed by atoms with Crippen molar-refractivity contribution in [2.24, 2.45) is 0 Å². The molecule has 0 spiro atoms. The van der Waals surface area contributed by atoms with Crippen molar-refractivity contribution in [1.29, 1.82) is 0 Å². The van der Waals surface area contributed by atoms with E-state index in [4.69, 9.17) is 44.3 Å². The summed E-state index contributed by atoms with van der Waals surface area (Å²) in [5, 5.41) is 1.18. The molecular weight excluding hydrogens is 529 g/mol. The Morgan fingerprint density at radius 3 is 2.34 bits per heavy atom. The number of imide groups is 1. The number of hydrogen-bond acceptors (Lipinski definition) is 5. The van der Waals surface area contributed by atoms with E-state index in [1.165, 1.54) is 4.90 Å². The Labute approximate surface area is 222 Å². The Bertz CT molecular complexity index is 1290. The van der Waals surface area contributed by atoms with Gasteiger partial charge in [0.25, 0.3) is 11.1 Å². The molecule has 180 valence electrons. The first kappa shape index (κ1) is 25.5. The van der Waals surface area contributed by atoms with Gasteiger partial charge in [-0.25, -0.2) is 0 Å². The molecule has 1 saturated heterocycles. The average molecular weight is 549 g/mol. The van der Waals surface area contributed by atoms with Crippen molar-refractivity contribution in [2.45, 2.75) is 20.1 Å². The SMILES string of the molecule is CCOc1cc(/C=C2/SC(=O)N(Cc3ccc(Cl)cc3Cl)C2=O)ccc1OCc1ccc(Cl)cc1. The van der Waals surface area contributed by atoms with E-state index in [9.17, 15) is 9.59 Å². The molecule has 0 aromatic heterocycles. The minimum atomic E-state index is -0.382. The van der Waals surface area contributed by atoms with E-state index in [-0.39, 0.29) is 17.7 Å². The molecule has 9 heteroatoms. The molecule has 1 heterocycles. The molecule has 0 atom stereocenters. The van der Waals surface area contributed by atoms with Crippen molar-refractivity contribution in [3.05, 3.63) is 97.3 Å². The molecule has 1 aliphatic heterocycles. The summed E-state index contributed by atoms with van der Waals surface area (Å²) in [5.41, 5.74) is 2.32. The quantitative estimate of drug-likeness (QED) is 0.268. The number of thioether (sulfide) groups is 1. The Morgan fingerprint density at radius 2 is 1.63 bits per heavy atom. The lowest BCUT2D eigenvalue weighted by Gasteiger charge is -2.14. The van der Waals surface area contributed by atoms with Crippen molar-refractivity contribution >= 4 is 63.8 Å². The second-order valence-corrected chi connectivity index (χ2v) is 9.83. The van der Waals surface area contributed by atoms with Gasteiger partial charge in [0.15, 0.2) is 11.5 Å². The van der Waals surface area contributed by atoms with Gasteiger partial charge in [0.05, 0.1) is 18.1 Å². The summed E-state index contributed by atoms with van der Waals surface area (Å²) >= 11 is 19.0. The number of hydrogen-bond donors (Lipinski definition) is 0. The second kappa shape index (κ2) is 11.4. The number of benzene rings is 3. The number of rotatable bonds is 8. The lowest BCUT2D eigenvalue weighted by Crippen LogP contribution is -2.27. The van der Waals surface area contributed by atoms with Crippen LogP contribution in [0.1, 0.15) is 23.6 Å². The molecule has 0 radical (unpaired) electrons. The molecule has 35 heavy (non-hydrogen) atoms. The number of amides is 2. The third-order valence-corrected chi connectivity index (χ3v) is 6.84. The molecule has 1 fully saturated rings. The van der Waals surface area contributed by atoms with Crippen LogP contribution < -0.4 is 9.47 Å². The highest BCUT2D eigenvalue weighted by molar-refractivity contribution is 8.18. The van der Waals surface area contributed by atoms with Gasteiger partial charge in [0, 0.05) is 15.1 Å². The third kappa shape index (κ3) is 6.33. The zero-order chi connectivity index (χ0) is 24.9. The smallest absolute Gasteiger partial charge is 0.293 e. The third-order valence-electron chi connectivity index (χ3n) is 5.09. The van der Waals surface area contributed by atoms with Crippen LogP contribution in [-0.4, -0.2) is 22.7 Å². The molecule has 5 nitrogen and oxygen atoms in total. The van der Waals surface area contributed by atoms with Crippen molar-refractivity contribution in [3.8, 4) is 11.5 Å². The Balaban J connectivity index is 1.50. The van der Waals surface area contributed by atoms with Gasteiger partial charge in [-0.15, -0.1) is 0 Å². The van der Waals surface area contributed by atoms with Crippen molar-refractivity contribution < 1.29 is 19.1 Å². The zero-order valence-corrected chi connectivity index (χ0v) is 21.7. The van der Waals surface area contributed by atoms with Gasteiger partial charge in [0.1, 0.15) is 6.61 Å². The minimum Gasteiger partial charge on any atom is -0.490 e. The maximum absolute atomic E-state index is 12.9. The number of nitrogens with zero attached hydrogens (tertiary/aromatic N) is 1. The van der Waals surface area contributed by atoms with Crippen LogP contribution in [0.15, 0.2) is 65.6 Å². The Hall–Kier alpha value is -2.64. The zero-order valence-electron chi connectivity index (χ0n) is 18.6. The van der Waals surface area contributed by atoms with E-state index < -0.39 is 0 Å². The van der Waals surface area contributed by atoms with E-state index in [0.29, 0.717) is 55.8 Å². The molecule has 0 aliphatic carbocycles. The predicted molar refractivity (Wildman–Crippen MR) is 141 cm³/mol. The second-order valence-electron chi connectivity index (χ2n) is 7.56. The highest BCUT2D eigenvalue weighted by atomic mass is 35.5. The molecule has 0 N–H and O–H groups in total. The van der Waals surface area contributed by atoms with Crippen molar-refractivity contribution in [1.82, 2.24) is 4.90 Å². The first-order chi connectivity index (χ1) is 16.8. The van der Waals surface area contributed by atoms with Gasteiger partial charge in [0.2, 0.25) is 0 Å². The topological polar surface area (TPSA) is 55.8 Å². The van der Waals surface area contributed by atoms with Crippen LogP contribution in [0.5, 0.6) is 11.5 Å². The van der Waals surface area contributed by atoms with Crippen LogP contribution >= 0.6 is 46.6 Å². The predicted octanol–water partition coefficient (Wildman–Crippen LogP) is 7.86. The van der Waals surface area contributed by atoms with Crippen molar-refractivity contribution in [3.63, 3.8) is 0 Å². The van der Waals surface area contributed by atoms with E-state index in [2.05, 4.69) is 0 Å². The Morgan fingerprint density at radius 1 is 0.886 bits per heavy atom. The fourth-order valence-corrected chi connectivity index (χ4v) is 4.78. The van der Waals surface area contributed by atoms with Gasteiger partial charge in [-0.3, -0.25) is 14.5 Å². The van der Waals surface area contributed by atoms with E-state index in [1.807, 2.05) is 25.1 Å². The van der Waals surface area contributed by atoms with Crippen LogP contribution in [0.2, 0.25) is 15.1 Å². The van der Waals surface area contributed by atoms with Gasteiger partial charge >= 0.3 is 0 Å². The average Bonchev–Trinajstić information content (AvgIpc) is 3.08. The fraction of sp³-hybridized carbons (Fsp3) is 0.154. The molecule has 4 rings (SSSR count). The number of carbonyl (C=O) groups is 2. The largest absolute Gasteiger partial charge is 0.490 e. The van der Waals surface area contributed by atoms with Gasteiger partial charge in [-0.05, 0) is 77.9 Å². The maximum Gasteiger partial charge on any atom is 0.293 e. The van der Waals surface area contributed by atoms with Crippen molar-refractivity contribution in [2.75, 3.05) is 6.61 Å². The molecule has 0 saturated carbocycles. The highest BCUT2D eigenvalue weighted by Gasteiger charge is 2.35. The van der Waals surface area contributed by atoms with Crippen LogP contribution in [-0.2, 0) is 17.9 Å². The molecule has 3 aromatic rings. The number of ether oxygens (including phenoxy) is 2. The molecule has 1 aliphatic rings. The molecule has 0 unspecified atom stereocenters. The number of carbonyl (C=O) groups excluding carboxylic acids is 2.